The van der Waals surface area contributed by atoms with Crippen molar-refractivity contribution in [3.05, 3.63) is 65.4 Å². The summed E-state index contributed by atoms with van der Waals surface area (Å²) in [4.78, 5) is 16.5. The number of carbonyl (C=O) groups is 1. The van der Waals surface area contributed by atoms with Gasteiger partial charge in [-0.2, -0.15) is 0 Å². The number of hydrogen-bond acceptors (Lipinski definition) is 2. The zero-order valence-electron chi connectivity index (χ0n) is 11.4. The van der Waals surface area contributed by atoms with Gasteiger partial charge in [-0.3, -0.25) is 9.20 Å². The predicted octanol–water partition coefficient (Wildman–Crippen LogP) is 3.31. The summed E-state index contributed by atoms with van der Waals surface area (Å²) < 4.78 is 40.7. The molecule has 0 unspecified atom stereocenters. The molecule has 112 valence electrons. The molecule has 0 bridgehead atoms. The van der Waals surface area contributed by atoms with Gasteiger partial charge in [-0.15, -0.1) is 0 Å². The van der Waals surface area contributed by atoms with E-state index in [9.17, 15) is 18.0 Å². The third kappa shape index (κ3) is 2.41. The van der Waals surface area contributed by atoms with Gasteiger partial charge in [0.05, 0.1) is 5.69 Å². The van der Waals surface area contributed by atoms with Gasteiger partial charge in [-0.1, -0.05) is 0 Å². The van der Waals surface area contributed by atoms with E-state index >= 15 is 0 Å². The first-order valence-electron chi connectivity index (χ1n) is 6.36. The predicted molar refractivity (Wildman–Crippen MR) is 74.2 cm³/mol. The summed E-state index contributed by atoms with van der Waals surface area (Å²) >= 11 is 0. The second kappa shape index (κ2) is 5.18. The highest BCUT2D eigenvalue weighted by molar-refractivity contribution is 6.04. The number of aromatic nitrogens is 2. The number of imidazole rings is 1. The topological polar surface area (TPSA) is 46.4 Å². The van der Waals surface area contributed by atoms with Crippen molar-refractivity contribution in [2.75, 3.05) is 5.32 Å². The molecule has 4 nitrogen and oxygen atoms in total. The van der Waals surface area contributed by atoms with Gasteiger partial charge in [0.25, 0.3) is 5.91 Å². The van der Waals surface area contributed by atoms with E-state index in [0.717, 1.165) is 18.3 Å². The summed E-state index contributed by atoms with van der Waals surface area (Å²) in [5.74, 6) is -3.20. The van der Waals surface area contributed by atoms with Crippen molar-refractivity contribution in [3.8, 4) is 0 Å². The number of benzene rings is 1. The van der Waals surface area contributed by atoms with Crippen molar-refractivity contribution < 1.29 is 18.0 Å². The minimum Gasteiger partial charge on any atom is -0.321 e. The molecule has 0 spiro atoms. The smallest absolute Gasteiger partial charge is 0.274 e. The molecule has 0 fully saturated rings. The lowest BCUT2D eigenvalue weighted by atomic mass is 10.2. The van der Waals surface area contributed by atoms with Crippen molar-refractivity contribution in [2.24, 2.45) is 0 Å². The van der Waals surface area contributed by atoms with Crippen LogP contribution in [0.15, 0.2) is 36.5 Å². The average Bonchev–Trinajstić information content (AvgIpc) is 2.78. The Hall–Kier alpha value is -2.83. The van der Waals surface area contributed by atoms with Crippen LogP contribution in [-0.2, 0) is 0 Å². The van der Waals surface area contributed by atoms with Crippen LogP contribution >= 0.6 is 0 Å². The Morgan fingerprint density at radius 3 is 2.64 bits per heavy atom. The van der Waals surface area contributed by atoms with Crippen molar-refractivity contribution in [1.82, 2.24) is 9.38 Å². The maximum absolute atomic E-state index is 13.3. The first-order chi connectivity index (χ1) is 10.5. The molecule has 7 heteroatoms. The Kier molecular flexibility index (Phi) is 3.32. The Bertz CT molecular complexity index is 889. The van der Waals surface area contributed by atoms with Gasteiger partial charge in [-0.25, -0.2) is 18.2 Å². The van der Waals surface area contributed by atoms with E-state index in [1.54, 1.807) is 6.92 Å². The summed E-state index contributed by atoms with van der Waals surface area (Å²) in [5, 5.41) is 2.44. The van der Waals surface area contributed by atoms with Crippen LogP contribution < -0.4 is 5.32 Å². The highest BCUT2D eigenvalue weighted by atomic mass is 19.2. The fourth-order valence-corrected chi connectivity index (χ4v) is 2.17. The number of halogens is 3. The highest BCUT2D eigenvalue weighted by Crippen LogP contribution is 2.17. The Balaban J connectivity index is 2.00. The molecule has 1 aromatic carbocycles. The molecule has 0 radical (unpaired) electrons. The molecule has 2 aromatic heterocycles. The number of amides is 1. The van der Waals surface area contributed by atoms with Gasteiger partial charge >= 0.3 is 0 Å². The highest BCUT2D eigenvalue weighted by Gasteiger charge is 2.17. The summed E-state index contributed by atoms with van der Waals surface area (Å²) in [6.07, 6.45) is 1.13. The molecule has 0 aliphatic rings. The standard InChI is InChI=1S/C15H10F3N3O/c1-8-14(21-7-9(16)2-5-13(21)19-8)15(22)20-10-3-4-11(17)12(18)6-10/h2-7H,1H3,(H,20,22). The lowest BCUT2D eigenvalue weighted by molar-refractivity contribution is 0.102. The number of anilines is 1. The summed E-state index contributed by atoms with van der Waals surface area (Å²) in [7, 11) is 0. The summed E-state index contributed by atoms with van der Waals surface area (Å²) in [6.45, 7) is 1.60. The Labute approximate surface area is 123 Å². The second-order valence-corrected chi connectivity index (χ2v) is 4.70. The molecule has 0 aliphatic carbocycles. The van der Waals surface area contributed by atoms with Gasteiger partial charge in [0.15, 0.2) is 11.6 Å². The molecule has 3 aromatic rings. The zero-order chi connectivity index (χ0) is 15.9. The molecular weight excluding hydrogens is 295 g/mol. The zero-order valence-corrected chi connectivity index (χ0v) is 11.4. The van der Waals surface area contributed by atoms with Gasteiger partial charge in [-0.05, 0) is 31.2 Å². The second-order valence-electron chi connectivity index (χ2n) is 4.70. The third-order valence-corrected chi connectivity index (χ3v) is 3.15. The van der Waals surface area contributed by atoms with E-state index in [-0.39, 0.29) is 11.4 Å². The van der Waals surface area contributed by atoms with E-state index in [1.165, 1.54) is 22.6 Å². The number of carbonyl (C=O) groups excluding carboxylic acids is 1. The largest absolute Gasteiger partial charge is 0.321 e. The summed E-state index contributed by atoms with van der Waals surface area (Å²) in [5.41, 5.74) is 1.02. The minimum atomic E-state index is -1.07. The van der Waals surface area contributed by atoms with E-state index in [0.29, 0.717) is 11.3 Å². The number of pyridine rings is 1. The van der Waals surface area contributed by atoms with Crippen molar-refractivity contribution in [2.45, 2.75) is 6.92 Å². The molecule has 1 N–H and O–H groups in total. The van der Waals surface area contributed by atoms with Crippen molar-refractivity contribution in [3.63, 3.8) is 0 Å². The van der Waals surface area contributed by atoms with Gasteiger partial charge in [0, 0.05) is 18.0 Å². The maximum atomic E-state index is 13.3. The number of fused-ring (bicyclic) bond motifs is 1. The number of hydrogen-bond donors (Lipinski definition) is 1. The summed E-state index contributed by atoms with van der Waals surface area (Å²) in [6, 6.07) is 5.68. The molecular formula is C15H10F3N3O. The molecule has 22 heavy (non-hydrogen) atoms. The van der Waals surface area contributed by atoms with Crippen LogP contribution in [0.1, 0.15) is 16.2 Å². The lowest BCUT2D eigenvalue weighted by Gasteiger charge is -2.06. The molecule has 0 aliphatic heterocycles. The quantitative estimate of drug-likeness (QED) is 0.789. The monoisotopic (exact) mass is 305 g/mol. The van der Waals surface area contributed by atoms with E-state index < -0.39 is 23.4 Å². The maximum Gasteiger partial charge on any atom is 0.274 e. The van der Waals surface area contributed by atoms with E-state index in [4.69, 9.17) is 0 Å². The number of rotatable bonds is 2. The Morgan fingerprint density at radius 2 is 1.91 bits per heavy atom. The van der Waals surface area contributed by atoms with Gasteiger partial charge < -0.3 is 5.32 Å². The Morgan fingerprint density at radius 1 is 1.14 bits per heavy atom. The van der Waals surface area contributed by atoms with E-state index in [1.807, 2.05) is 0 Å². The third-order valence-electron chi connectivity index (χ3n) is 3.15. The lowest BCUT2D eigenvalue weighted by Crippen LogP contribution is -2.16. The molecule has 2 heterocycles. The molecule has 3 rings (SSSR count). The molecule has 0 saturated heterocycles. The van der Waals surface area contributed by atoms with Crippen LogP contribution in [0.3, 0.4) is 0 Å². The van der Waals surface area contributed by atoms with Crippen LogP contribution in [0.2, 0.25) is 0 Å². The fraction of sp³-hybridized carbons (Fsp3) is 0.0667. The SMILES string of the molecule is Cc1nc2ccc(F)cn2c1C(=O)Nc1ccc(F)c(F)c1. The fourth-order valence-electron chi connectivity index (χ4n) is 2.17. The van der Waals surface area contributed by atoms with E-state index in [2.05, 4.69) is 10.3 Å². The number of nitrogens with zero attached hydrogens (tertiary/aromatic N) is 2. The number of aryl methyl sites for hydroxylation is 1. The molecule has 1 amide bonds. The normalized spacial score (nSPS) is 10.9. The van der Waals surface area contributed by atoms with Crippen LogP contribution in [0.25, 0.3) is 5.65 Å². The first-order valence-corrected chi connectivity index (χ1v) is 6.36. The van der Waals surface area contributed by atoms with Crippen LogP contribution in [0.5, 0.6) is 0 Å². The average molecular weight is 305 g/mol. The van der Waals surface area contributed by atoms with Crippen molar-refractivity contribution >= 4 is 17.2 Å². The van der Waals surface area contributed by atoms with Gasteiger partial charge in [0.2, 0.25) is 0 Å². The van der Waals surface area contributed by atoms with Crippen LogP contribution in [-0.4, -0.2) is 15.3 Å². The molecule has 0 atom stereocenters. The minimum absolute atomic E-state index is 0.0923. The van der Waals surface area contributed by atoms with Crippen LogP contribution in [0.4, 0.5) is 18.9 Å². The van der Waals surface area contributed by atoms with Crippen molar-refractivity contribution in [1.29, 1.82) is 0 Å². The first kappa shape index (κ1) is 14.1. The molecule has 0 saturated carbocycles. The number of nitrogens with one attached hydrogen (secondary N) is 1. The van der Waals surface area contributed by atoms with Gasteiger partial charge in [0.1, 0.15) is 17.2 Å². The van der Waals surface area contributed by atoms with Crippen LogP contribution in [0, 0.1) is 24.4 Å².